The smallest absolute Gasteiger partial charge is 0.266 e. The molecule has 0 spiro atoms. The molecule has 1 saturated heterocycles. The van der Waals surface area contributed by atoms with Crippen LogP contribution in [-0.2, 0) is 4.79 Å². The Morgan fingerprint density at radius 3 is 2.33 bits per heavy atom. The molecule has 0 unspecified atom stereocenters. The van der Waals surface area contributed by atoms with E-state index in [9.17, 15) is 4.79 Å². The lowest BCUT2D eigenvalue weighted by Gasteiger charge is -2.56. The Bertz CT molecular complexity index is 1030. The second kappa shape index (κ2) is 6.99. The first-order chi connectivity index (χ1) is 14.5. The molecule has 2 aromatic rings. The van der Waals surface area contributed by atoms with Crippen molar-refractivity contribution < 1.29 is 9.21 Å². The molecule has 1 aliphatic heterocycles. The second-order valence-electron chi connectivity index (χ2n) is 9.30. The number of benzene rings is 1. The molecule has 6 heteroatoms. The Hall–Kier alpha value is -2.05. The average molecular weight is 437 g/mol. The van der Waals surface area contributed by atoms with Gasteiger partial charge in [-0.25, -0.2) is 0 Å². The Kier molecular flexibility index (Phi) is 4.36. The predicted octanol–water partition coefficient (Wildman–Crippen LogP) is 5.55. The van der Waals surface area contributed by atoms with Crippen molar-refractivity contribution in [1.82, 2.24) is 4.90 Å². The van der Waals surface area contributed by atoms with Gasteiger partial charge >= 0.3 is 0 Å². The molecular weight excluding hydrogens is 412 g/mol. The number of nitrogens with zero attached hydrogens (tertiary/aromatic N) is 1. The quantitative estimate of drug-likeness (QED) is 0.388. The lowest BCUT2D eigenvalue weighted by molar-refractivity contribution is -0.130. The van der Waals surface area contributed by atoms with Gasteiger partial charge in [-0.05, 0) is 92.2 Å². The summed E-state index contributed by atoms with van der Waals surface area (Å²) in [6.45, 7) is 0. The normalized spacial score (nSPS) is 33.8. The average Bonchev–Trinajstić information content (AvgIpc) is 3.28. The van der Waals surface area contributed by atoms with Gasteiger partial charge in [-0.3, -0.25) is 9.69 Å². The second-order valence-corrected chi connectivity index (χ2v) is 11.0. The molecule has 1 aromatic carbocycles. The minimum Gasteiger partial charge on any atom is -0.457 e. The summed E-state index contributed by atoms with van der Waals surface area (Å²) >= 11 is 7.11. The van der Waals surface area contributed by atoms with Crippen molar-refractivity contribution in [3.63, 3.8) is 0 Å². The van der Waals surface area contributed by atoms with Crippen molar-refractivity contribution in [3.8, 4) is 11.3 Å². The highest BCUT2D eigenvalue weighted by Crippen LogP contribution is 2.56. The van der Waals surface area contributed by atoms with E-state index in [-0.39, 0.29) is 5.91 Å². The molecule has 4 nitrogen and oxygen atoms in total. The molecule has 1 amide bonds. The first kappa shape index (κ1) is 18.7. The van der Waals surface area contributed by atoms with E-state index >= 15 is 0 Å². The number of carbonyl (C=O) groups is 1. The molecule has 30 heavy (non-hydrogen) atoms. The largest absolute Gasteiger partial charge is 0.457 e. The van der Waals surface area contributed by atoms with Gasteiger partial charge in [0.2, 0.25) is 0 Å². The highest BCUT2D eigenvalue weighted by atomic mass is 32.2. The van der Waals surface area contributed by atoms with Gasteiger partial charge in [0.15, 0.2) is 0 Å². The van der Waals surface area contributed by atoms with Crippen LogP contribution in [0.5, 0.6) is 0 Å². The number of nitrogens with two attached hydrogens (primary N) is 1. The molecule has 0 atom stereocenters. The molecule has 0 radical (unpaired) electrons. The third-order valence-electron chi connectivity index (χ3n) is 7.39. The monoisotopic (exact) mass is 436 g/mol. The minimum absolute atomic E-state index is 0.0629. The van der Waals surface area contributed by atoms with Crippen molar-refractivity contribution in [2.45, 2.75) is 38.1 Å². The van der Waals surface area contributed by atoms with Crippen molar-refractivity contribution in [2.75, 3.05) is 5.73 Å². The van der Waals surface area contributed by atoms with Gasteiger partial charge in [0, 0.05) is 23.4 Å². The summed E-state index contributed by atoms with van der Waals surface area (Å²) in [5.74, 6) is 4.52. The highest BCUT2D eigenvalue weighted by Gasteiger charge is 2.53. The number of amides is 1. The number of nitrogen functional groups attached to an aromatic ring is 1. The highest BCUT2D eigenvalue weighted by molar-refractivity contribution is 8.26. The Morgan fingerprint density at radius 2 is 1.67 bits per heavy atom. The van der Waals surface area contributed by atoms with E-state index in [1.165, 1.54) is 43.9 Å². The number of anilines is 1. The summed E-state index contributed by atoms with van der Waals surface area (Å²) in [6.07, 6.45) is 8.35. The Labute approximate surface area is 185 Å². The van der Waals surface area contributed by atoms with Crippen LogP contribution in [0.2, 0.25) is 0 Å². The molecule has 4 saturated carbocycles. The molecule has 5 fully saturated rings. The number of thiocarbonyl (C=S) groups is 1. The van der Waals surface area contributed by atoms with E-state index in [1.807, 2.05) is 47.4 Å². The van der Waals surface area contributed by atoms with Crippen LogP contribution in [-0.4, -0.2) is 21.2 Å². The summed E-state index contributed by atoms with van der Waals surface area (Å²) < 4.78 is 6.70. The Morgan fingerprint density at radius 1 is 1.00 bits per heavy atom. The summed E-state index contributed by atoms with van der Waals surface area (Å²) in [4.78, 5) is 16.0. The molecule has 5 aliphatic rings. The van der Waals surface area contributed by atoms with Crippen molar-refractivity contribution in [3.05, 3.63) is 47.1 Å². The Balaban J connectivity index is 1.25. The summed E-state index contributed by atoms with van der Waals surface area (Å²) in [5, 5.41) is 0. The maximum Gasteiger partial charge on any atom is 0.266 e. The van der Waals surface area contributed by atoms with Crippen LogP contribution in [0.15, 0.2) is 45.7 Å². The van der Waals surface area contributed by atoms with Crippen molar-refractivity contribution in [1.29, 1.82) is 0 Å². The van der Waals surface area contributed by atoms with E-state index in [0.29, 0.717) is 32.9 Å². The van der Waals surface area contributed by atoms with Crippen LogP contribution >= 0.6 is 24.0 Å². The first-order valence-electron chi connectivity index (χ1n) is 10.8. The van der Waals surface area contributed by atoms with E-state index in [0.717, 1.165) is 28.8 Å². The number of thioether (sulfide) groups is 1. The van der Waals surface area contributed by atoms with E-state index < -0.39 is 0 Å². The zero-order valence-electron chi connectivity index (χ0n) is 16.6. The molecule has 4 aliphatic carbocycles. The molecule has 4 bridgehead atoms. The van der Waals surface area contributed by atoms with Crippen LogP contribution in [0.25, 0.3) is 17.4 Å². The molecule has 1 aromatic heterocycles. The minimum atomic E-state index is 0.0629. The fourth-order valence-corrected chi connectivity index (χ4v) is 7.74. The fraction of sp³-hybridized carbons (Fsp3) is 0.417. The van der Waals surface area contributed by atoms with Gasteiger partial charge in [0.1, 0.15) is 15.8 Å². The van der Waals surface area contributed by atoms with E-state index in [4.69, 9.17) is 22.4 Å². The summed E-state index contributed by atoms with van der Waals surface area (Å²) in [6, 6.07) is 11.7. The first-order valence-corrected chi connectivity index (χ1v) is 12.0. The van der Waals surface area contributed by atoms with Crippen LogP contribution in [0.4, 0.5) is 5.69 Å². The van der Waals surface area contributed by atoms with Crippen LogP contribution in [0.3, 0.4) is 0 Å². The third-order valence-corrected chi connectivity index (χ3v) is 8.72. The lowest BCUT2D eigenvalue weighted by Crippen LogP contribution is -2.57. The maximum absolute atomic E-state index is 13.4. The molecule has 2 heterocycles. The zero-order valence-corrected chi connectivity index (χ0v) is 18.3. The summed E-state index contributed by atoms with van der Waals surface area (Å²) in [5.41, 5.74) is 7.45. The van der Waals surface area contributed by atoms with E-state index in [1.54, 1.807) is 0 Å². The summed E-state index contributed by atoms with van der Waals surface area (Å²) in [7, 11) is 0. The van der Waals surface area contributed by atoms with Crippen LogP contribution in [0, 0.1) is 23.7 Å². The maximum atomic E-state index is 13.4. The number of rotatable bonds is 3. The van der Waals surface area contributed by atoms with Crippen LogP contribution in [0.1, 0.15) is 37.9 Å². The van der Waals surface area contributed by atoms with Gasteiger partial charge in [-0.2, -0.15) is 0 Å². The van der Waals surface area contributed by atoms with Gasteiger partial charge in [-0.15, -0.1) is 0 Å². The lowest BCUT2D eigenvalue weighted by atomic mass is 9.54. The van der Waals surface area contributed by atoms with Gasteiger partial charge in [-0.1, -0.05) is 24.0 Å². The SMILES string of the molecule is Nc1ccc(-c2ccc(C=C3SC(=S)N(C4C5CC6CC(C5)CC4C6)C3=O)o2)cc1. The van der Waals surface area contributed by atoms with Crippen LogP contribution < -0.4 is 5.73 Å². The fourth-order valence-electron chi connectivity index (χ4n) is 6.42. The van der Waals surface area contributed by atoms with Crippen molar-refractivity contribution >= 4 is 46.0 Å². The van der Waals surface area contributed by atoms with Gasteiger partial charge < -0.3 is 10.2 Å². The number of carbonyl (C=O) groups excluding carboxylic acids is 1. The van der Waals surface area contributed by atoms with Gasteiger partial charge in [0.05, 0.1) is 4.91 Å². The van der Waals surface area contributed by atoms with E-state index in [2.05, 4.69) is 0 Å². The topological polar surface area (TPSA) is 59.5 Å². The molecule has 7 rings (SSSR count). The molecule has 154 valence electrons. The molecule has 2 N–H and O–H groups in total. The molecular formula is C24H24N2O2S2. The standard InChI is InChI=1S/C24H24N2O2S2/c25-18-3-1-15(2-4-18)20-6-5-19(28-20)12-21-23(27)26(24(29)30-21)22-16-8-13-7-14(10-16)11-17(22)9-13/h1-6,12-14,16-17,22H,7-11,25H2. The number of hydrogen-bond donors (Lipinski definition) is 1. The predicted molar refractivity (Wildman–Crippen MR) is 124 cm³/mol. The number of hydrogen-bond acceptors (Lipinski definition) is 5. The zero-order chi connectivity index (χ0) is 20.4. The third kappa shape index (κ3) is 3.04. The van der Waals surface area contributed by atoms with Crippen molar-refractivity contribution in [2.24, 2.45) is 23.7 Å². The van der Waals surface area contributed by atoms with Gasteiger partial charge in [0.25, 0.3) is 5.91 Å². The number of furan rings is 1.